The molecule has 14 atom stereocenters. The van der Waals surface area contributed by atoms with Crippen LogP contribution in [-0.4, -0.2) is 172 Å². The minimum Gasteiger partial charge on any atom is -0.504 e. The van der Waals surface area contributed by atoms with E-state index in [2.05, 4.69) is 0 Å². The minimum absolute atomic E-state index is 0.0682. The lowest BCUT2D eigenvalue weighted by Crippen LogP contribution is -2.63. The quantitative estimate of drug-likeness (QED) is 0.0744. The van der Waals surface area contributed by atoms with Gasteiger partial charge in [-0.3, -0.25) is 0 Å². The summed E-state index contributed by atoms with van der Waals surface area (Å²) in [6.45, 7) is 0.391. The predicted octanol–water partition coefficient (Wildman–Crippen LogP) is -1.95. The van der Waals surface area contributed by atoms with Crippen molar-refractivity contribution in [2.24, 2.45) is 0 Å². The number of ether oxygens (including phenoxy) is 9. The lowest BCUT2D eigenvalue weighted by molar-refractivity contribution is -0.351. The highest BCUT2D eigenvalue weighted by molar-refractivity contribution is 5.87. The molecule has 5 rings (SSSR count). The molecule has 0 bridgehead atoms. The fourth-order valence-corrected chi connectivity index (χ4v) is 6.19. The second kappa shape index (κ2) is 19.0. The van der Waals surface area contributed by atoms with E-state index in [-0.39, 0.29) is 36.0 Å². The van der Waals surface area contributed by atoms with Crippen LogP contribution in [0.4, 0.5) is 0 Å². The van der Waals surface area contributed by atoms with Crippen LogP contribution in [0, 0.1) is 0 Å². The molecule has 0 spiro atoms. The number of carbonyl (C=O) groups excluding carboxylic acids is 1. The first-order valence-corrected chi connectivity index (χ1v) is 17.4. The summed E-state index contributed by atoms with van der Waals surface area (Å²) in [7, 11) is 2.77. The topological polar surface area (TPSA) is 282 Å². The van der Waals surface area contributed by atoms with Gasteiger partial charge < -0.3 is 88.6 Å². The second-order valence-corrected chi connectivity index (χ2v) is 13.2. The van der Waals surface area contributed by atoms with Crippen molar-refractivity contribution in [2.45, 2.75) is 99.4 Å². The van der Waals surface area contributed by atoms with E-state index in [0.29, 0.717) is 11.1 Å². The minimum atomic E-state index is -1.73. The molecule has 55 heavy (non-hydrogen) atoms. The van der Waals surface area contributed by atoms with Crippen LogP contribution in [0.2, 0.25) is 0 Å². The fourth-order valence-electron chi connectivity index (χ4n) is 6.19. The van der Waals surface area contributed by atoms with Gasteiger partial charge in [0.2, 0.25) is 0 Å². The van der Waals surface area contributed by atoms with Gasteiger partial charge in [0.25, 0.3) is 0 Å². The van der Waals surface area contributed by atoms with Gasteiger partial charge in [0.1, 0.15) is 54.9 Å². The maximum atomic E-state index is 12.9. The molecule has 3 heterocycles. The predicted molar refractivity (Wildman–Crippen MR) is 183 cm³/mol. The molecule has 0 amide bonds. The summed E-state index contributed by atoms with van der Waals surface area (Å²) in [5, 5.41) is 94.6. The fraction of sp³-hybridized carbons (Fsp3) is 0.583. The number of carbonyl (C=O) groups is 1. The Morgan fingerprint density at radius 3 is 2.20 bits per heavy atom. The number of aliphatic hydroxyl groups is 7. The van der Waals surface area contributed by atoms with Crippen LogP contribution in [0.25, 0.3) is 6.08 Å². The molecule has 3 aliphatic rings. The first kappa shape index (κ1) is 42.5. The van der Waals surface area contributed by atoms with Crippen molar-refractivity contribution >= 4 is 12.0 Å². The number of hydrogen-bond donors (Lipinski definition) is 9. The van der Waals surface area contributed by atoms with Crippen molar-refractivity contribution in [3.63, 3.8) is 0 Å². The van der Waals surface area contributed by atoms with Crippen LogP contribution in [-0.2, 0) is 44.4 Å². The zero-order valence-corrected chi connectivity index (χ0v) is 30.1. The van der Waals surface area contributed by atoms with Crippen LogP contribution < -0.4 is 9.47 Å². The molecule has 19 nitrogen and oxygen atoms in total. The van der Waals surface area contributed by atoms with Gasteiger partial charge in [-0.25, -0.2) is 4.79 Å². The third kappa shape index (κ3) is 10.2. The monoisotopic (exact) mass is 784 g/mol. The van der Waals surface area contributed by atoms with E-state index in [1.54, 1.807) is 12.1 Å². The summed E-state index contributed by atoms with van der Waals surface area (Å²) in [6.07, 6.45) is -18.8. The van der Waals surface area contributed by atoms with E-state index in [1.165, 1.54) is 51.5 Å². The first-order valence-electron chi connectivity index (χ1n) is 17.4. The molecule has 3 aliphatic heterocycles. The van der Waals surface area contributed by atoms with Gasteiger partial charge in [-0.1, -0.05) is 12.1 Å². The molecule has 0 unspecified atom stereocenters. The van der Waals surface area contributed by atoms with Crippen molar-refractivity contribution < 1.29 is 93.4 Å². The normalized spacial score (nSPS) is 35.4. The van der Waals surface area contributed by atoms with E-state index < -0.39 is 105 Å². The highest BCUT2D eigenvalue weighted by atomic mass is 16.7. The molecule has 19 heteroatoms. The number of hydrogen-bond acceptors (Lipinski definition) is 19. The third-order valence-corrected chi connectivity index (χ3v) is 9.38. The van der Waals surface area contributed by atoms with Crippen molar-refractivity contribution in [2.75, 3.05) is 34.0 Å². The molecule has 2 aromatic rings. The van der Waals surface area contributed by atoms with Gasteiger partial charge in [0.15, 0.2) is 48.0 Å². The number of aromatic hydroxyl groups is 2. The molecule has 0 aromatic heterocycles. The van der Waals surface area contributed by atoms with E-state index >= 15 is 0 Å². The van der Waals surface area contributed by atoms with Crippen LogP contribution in [0.5, 0.6) is 23.0 Å². The summed E-state index contributed by atoms with van der Waals surface area (Å²) >= 11 is 0. The maximum absolute atomic E-state index is 12.9. The lowest BCUT2D eigenvalue weighted by atomic mass is 9.98. The molecule has 0 radical (unpaired) electrons. The van der Waals surface area contributed by atoms with Crippen molar-refractivity contribution in [1.29, 1.82) is 0 Å². The van der Waals surface area contributed by atoms with Gasteiger partial charge >= 0.3 is 5.97 Å². The largest absolute Gasteiger partial charge is 0.504 e. The SMILES string of the molecule is COc1ccc(CCO[C@@H]2O[C@H](CO[C@@H]3OC[C@@H](O)[C@H](O[C@@H]4O[C@@H](C)[C@H](O)[C@@H](O)[C@H]4O)[C@H]3O)[C@@H](O)[C@H](OC(=O)/C=C/c3ccc(O)c(OC)c3)[C@H]2O)cc1O. The standard InChI is InChI=1S/C36H48O19/c1-16-26(41)28(43)29(44)36(52-16)55-32-21(39)14-50-34(30(32)45)51-15-24-27(42)33(54-25(40)9-6-17-4-7-19(37)23(13-17)48-3)31(46)35(53-24)49-11-10-18-5-8-22(47-2)20(38)12-18/h4-9,12-13,16,21,24,26-39,41-46H,10-11,14-15H2,1-3H3/b9-6+/t16-,21+,24+,26-,27+,28+,29+,30+,31+,32-,33-,34-,35+,36-/m0/s1. The average Bonchev–Trinajstić information content (AvgIpc) is 3.16. The zero-order valence-electron chi connectivity index (χ0n) is 30.1. The molecular formula is C36H48O19. The summed E-state index contributed by atoms with van der Waals surface area (Å²) in [6, 6.07) is 9.06. The Kier molecular flexibility index (Phi) is 14.7. The molecule has 0 aliphatic carbocycles. The number of phenolic OH excluding ortho intramolecular Hbond substituents is 2. The number of phenols is 2. The summed E-state index contributed by atoms with van der Waals surface area (Å²) in [5.41, 5.74) is 1.11. The molecule has 9 N–H and O–H groups in total. The van der Waals surface area contributed by atoms with Crippen molar-refractivity contribution in [3.8, 4) is 23.0 Å². The molecule has 0 saturated carbocycles. The van der Waals surface area contributed by atoms with Gasteiger partial charge in [-0.05, 0) is 54.8 Å². The highest BCUT2D eigenvalue weighted by Gasteiger charge is 2.50. The second-order valence-electron chi connectivity index (χ2n) is 13.2. The average molecular weight is 785 g/mol. The Labute approximate surface area is 315 Å². The highest BCUT2D eigenvalue weighted by Crippen LogP contribution is 2.31. The van der Waals surface area contributed by atoms with Gasteiger partial charge in [0.05, 0.1) is 40.1 Å². The molecular weight excluding hydrogens is 736 g/mol. The Morgan fingerprint density at radius 2 is 1.49 bits per heavy atom. The van der Waals surface area contributed by atoms with Crippen LogP contribution in [0.1, 0.15) is 18.1 Å². The van der Waals surface area contributed by atoms with Gasteiger partial charge in [0, 0.05) is 6.08 Å². The Morgan fingerprint density at radius 1 is 0.764 bits per heavy atom. The number of methoxy groups -OCH3 is 2. The Bertz CT molecular complexity index is 1590. The zero-order chi connectivity index (χ0) is 40.0. The summed E-state index contributed by atoms with van der Waals surface area (Å²) in [5.74, 6) is -0.755. The van der Waals surface area contributed by atoms with Gasteiger partial charge in [-0.15, -0.1) is 0 Å². The van der Waals surface area contributed by atoms with E-state index in [0.717, 1.165) is 6.08 Å². The molecule has 3 saturated heterocycles. The number of rotatable bonds is 14. The Hall–Kier alpha value is -3.67. The summed E-state index contributed by atoms with van der Waals surface area (Å²) in [4.78, 5) is 12.9. The maximum Gasteiger partial charge on any atom is 0.331 e. The lowest BCUT2D eigenvalue weighted by Gasteiger charge is -2.44. The smallest absolute Gasteiger partial charge is 0.331 e. The van der Waals surface area contributed by atoms with E-state index in [4.69, 9.17) is 42.6 Å². The molecule has 3 fully saturated rings. The third-order valence-electron chi connectivity index (χ3n) is 9.38. The van der Waals surface area contributed by atoms with Crippen LogP contribution >= 0.6 is 0 Å². The van der Waals surface area contributed by atoms with Crippen molar-refractivity contribution in [1.82, 2.24) is 0 Å². The number of benzene rings is 2. The first-order chi connectivity index (χ1) is 26.2. The summed E-state index contributed by atoms with van der Waals surface area (Å²) < 4.78 is 49.5. The molecule has 2 aromatic carbocycles. The van der Waals surface area contributed by atoms with Crippen molar-refractivity contribution in [3.05, 3.63) is 53.6 Å². The van der Waals surface area contributed by atoms with Crippen LogP contribution in [0.15, 0.2) is 42.5 Å². The van der Waals surface area contributed by atoms with E-state index in [9.17, 15) is 50.8 Å². The molecule has 306 valence electrons. The number of aliphatic hydroxyl groups excluding tert-OH is 7. The van der Waals surface area contributed by atoms with Gasteiger partial charge in [-0.2, -0.15) is 0 Å². The number of esters is 1. The van der Waals surface area contributed by atoms with Crippen LogP contribution in [0.3, 0.4) is 0 Å². The Balaban J connectivity index is 1.27. The van der Waals surface area contributed by atoms with E-state index in [1.807, 2.05) is 0 Å².